The number of rotatable bonds is 7. The van der Waals surface area contributed by atoms with E-state index in [2.05, 4.69) is 5.32 Å². The van der Waals surface area contributed by atoms with Gasteiger partial charge in [-0.05, 0) is 56.0 Å². The van der Waals surface area contributed by atoms with Crippen LogP contribution in [0.4, 0.5) is 13.2 Å². The first-order valence-electron chi connectivity index (χ1n) is 12.1. The number of alkyl halides is 2. The largest absolute Gasteiger partial charge is 0.486 e. The summed E-state index contributed by atoms with van der Waals surface area (Å²) in [5.74, 6) is -6.52. The Kier molecular flexibility index (Phi) is 6.63. The molecule has 0 aromatic heterocycles. The molecule has 2 atom stereocenters. The minimum absolute atomic E-state index is 0.104. The van der Waals surface area contributed by atoms with Crippen molar-refractivity contribution >= 4 is 5.91 Å². The van der Waals surface area contributed by atoms with Crippen molar-refractivity contribution in [2.45, 2.75) is 43.8 Å². The Balaban J connectivity index is 1.36. The zero-order valence-corrected chi connectivity index (χ0v) is 19.3. The Morgan fingerprint density at radius 1 is 1.09 bits per heavy atom. The molecule has 6 nitrogen and oxygen atoms in total. The molecule has 0 saturated carbocycles. The molecule has 1 amide bonds. The minimum Gasteiger partial charge on any atom is -0.486 e. The van der Waals surface area contributed by atoms with Gasteiger partial charge in [0.2, 0.25) is 0 Å². The average Bonchev–Trinajstić information content (AvgIpc) is 3.53. The van der Waals surface area contributed by atoms with E-state index in [1.54, 1.807) is 24.3 Å². The number of aliphatic hydroxyl groups excluding tert-OH is 1. The van der Waals surface area contributed by atoms with Crippen LogP contribution in [-0.2, 0) is 17.6 Å². The number of halogens is 3. The van der Waals surface area contributed by atoms with Gasteiger partial charge in [0.05, 0.1) is 6.04 Å². The van der Waals surface area contributed by atoms with Crippen molar-refractivity contribution < 1.29 is 32.5 Å². The van der Waals surface area contributed by atoms with Crippen molar-refractivity contribution in [2.75, 3.05) is 32.8 Å². The molecule has 35 heavy (non-hydrogen) atoms. The number of carbonyl (C=O) groups excluding carboxylic acids is 1. The quantitative estimate of drug-likeness (QED) is 0.624. The molecule has 188 valence electrons. The number of aliphatic hydroxyl groups is 1. The zero-order valence-electron chi connectivity index (χ0n) is 19.3. The fraction of sp³-hybridized carbons (Fsp3) is 0.500. The van der Waals surface area contributed by atoms with Crippen LogP contribution in [0.15, 0.2) is 36.4 Å². The van der Waals surface area contributed by atoms with E-state index in [9.17, 15) is 14.3 Å². The Labute approximate surface area is 202 Å². The molecule has 9 heteroatoms. The minimum atomic E-state index is -3.65. The summed E-state index contributed by atoms with van der Waals surface area (Å²) in [7, 11) is 0. The zero-order chi connectivity index (χ0) is 24.6. The summed E-state index contributed by atoms with van der Waals surface area (Å²) in [6, 6.07) is 8.50. The van der Waals surface area contributed by atoms with Crippen LogP contribution in [-0.4, -0.2) is 60.7 Å². The van der Waals surface area contributed by atoms with E-state index in [0.717, 1.165) is 43.1 Å². The molecule has 0 spiro atoms. The van der Waals surface area contributed by atoms with Crippen molar-refractivity contribution in [2.24, 2.45) is 5.92 Å². The normalized spacial score (nSPS) is 19.9. The molecule has 1 fully saturated rings. The summed E-state index contributed by atoms with van der Waals surface area (Å²) in [6.07, 6.45) is 0.531. The predicted octanol–water partition coefficient (Wildman–Crippen LogP) is 3.26. The van der Waals surface area contributed by atoms with E-state index < -0.39 is 35.7 Å². The van der Waals surface area contributed by atoms with E-state index in [1.807, 2.05) is 4.90 Å². The highest BCUT2D eigenvalue weighted by Crippen LogP contribution is 2.39. The maximum absolute atomic E-state index is 15.3. The van der Waals surface area contributed by atoms with Crippen LogP contribution >= 0.6 is 0 Å². The first-order chi connectivity index (χ1) is 16.8. The number of ether oxygens (including phenoxy) is 2. The molecule has 2 N–H and O–H groups in total. The lowest BCUT2D eigenvalue weighted by Gasteiger charge is -2.31. The number of carbonyl (C=O) groups is 1. The summed E-state index contributed by atoms with van der Waals surface area (Å²) in [4.78, 5) is 14.9. The SMILES string of the molecule is O=C(N[C@H](CN1CCCC1)[C@@H](O)c1cc2c(cc1F)OCCO2)C(F)(F)C1Cc2ccccc2C1. The fourth-order valence-electron chi connectivity index (χ4n) is 5.26. The summed E-state index contributed by atoms with van der Waals surface area (Å²) in [5, 5.41) is 13.5. The summed E-state index contributed by atoms with van der Waals surface area (Å²) >= 11 is 0. The predicted molar refractivity (Wildman–Crippen MR) is 122 cm³/mol. The van der Waals surface area contributed by atoms with Crippen LogP contribution < -0.4 is 14.8 Å². The van der Waals surface area contributed by atoms with Gasteiger partial charge in [-0.2, -0.15) is 8.78 Å². The van der Waals surface area contributed by atoms with Gasteiger partial charge in [0.1, 0.15) is 25.1 Å². The second-order valence-corrected chi connectivity index (χ2v) is 9.55. The van der Waals surface area contributed by atoms with E-state index in [-0.39, 0.29) is 49.7 Å². The molecule has 2 aromatic carbocycles. The van der Waals surface area contributed by atoms with E-state index >= 15 is 8.78 Å². The molecule has 3 aliphatic rings. The molecule has 5 rings (SSSR count). The third-order valence-corrected chi connectivity index (χ3v) is 7.20. The topological polar surface area (TPSA) is 71.0 Å². The highest BCUT2D eigenvalue weighted by Gasteiger charge is 2.50. The molecule has 1 aliphatic carbocycles. The number of likely N-dealkylation sites (tertiary alicyclic amines) is 1. The molecule has 0 bridgehead atoms. The maximum Gasteiger partial charge on any atom is 0.327 e. The van der Waals surface area contributed by atoms with Crippen LogP contribution in [0.3, 0.4) is 0 Å². The van der Waals surface area contributed by atoms with Gasteiger partial charge in [-0.1, -0.05) is 24.3 Å². The lowest BCUT2D eigenvalue weighted by atomic mass is 9.95. The molecule has 1 saturated heterocycles. The smallest absolute Gasteiger partial charge is 0.327 e. The number of amides is 1. The van der Waals surface area contributed by atoms with Gasteiger partial charge >= 0.3 is 5.92 Å². The summed E-state index contributed by atoms with van der Waals surface area (Å²) in [5.41, 5.74) is 1.50. The summed E-state index contributed by atoms with van der Waals surface area (Å²) < 4.78 is 56.4. The van der Waals surface area contributed by atoms with Crippen molar-refractivity contribution in [1.82, 2.24) is 10.2 Å². The van der Waals surface area contributed by atoms with Gasteiger partial charge in [-0.3, -0.25) is 4.79 Å². The second-order valence-electron chi connectivity index (χ2n) is 9.55. The third kappa shape index (κ3) is 4.84. The molecule has 2 aliphatic heterocycles. The van der Waals surface area contributed by atoms with E-state index in [1.165, 1.54) is 6.07 Å². The van der Waals surface area contributed by atoms with Gasteiger partial charge in [-0.25, -0.2) is 4.39 Å². The number of nitrogens with zero attached hydrogens (tertiary/aromatic N) is 1. The van der Waals surface area contributed by atoms with Crippen LogP contribution in [0, 0.1) is 11.7 Å². The third-order valence-electron chi connectivity index (χ3n) is 7.20. The number of hydrogen-bond donors (Lipinski definition) is 2. The average molecular weight is 491 g/mol. The highest BCUT2D eigenvalue weighted by atomic mass is 19.3. The van der Waals surface area contributed by atoms with Gasteiger partial charge in [0, 0.05) is 24.1 Å². The molecule has 2 aromatic rings. The van der Waals surface area contributed by atoms with Crippen LogP contribution in [0.1, 0.15) is 35.6 Å². The molecule has 0 radical (unpaired) electrons. The van der Waals surface area contributed by atoms with Gasteiger partial charge in [0.15, 0.2) is 11.5 Å². The summed E-state index contributed by atoms with van der Waals surface area (Å²) in [6.45, 7) is 2.12. The van der Waals surface area contributed by atoms with Crippen LogP contribution in [0.5, 0.6) is 11.5 Å². The highest BCUT2D eigenvalue weighted by molar-refractivity contribution is 5.84. The number of benzene rings is 2. The van der Waals surface area contributed by atoms with Crippen molar-refractivity contribution in [3.05, 3.63) is 58.9 Å². The number of fused-ring (bicyclic) bond motifs is 2. The first-order valence-corrected chi connectivity index (χ1v) is 12.1. The number of nitrogens with one attached hydrogen (secondary N) is 1. The van der Waals surface area contributed by atoms with E-state index in [4.69, 9.17) is 9.47 Å². The monoisotopic (exact) mass is 490 g/mol. The van der Waals surface area contributed by atoms with E-state index in [0.29, 0.717) is 0 Å². The van der Waals surface area contributed by atoms with Gasteiger partial charge < -0.3 is 24.8 Å². The van der Waals surface area contributed by atoms with Crippen molar-refractivity contribution in [3.63, 3.8) is 0 Å². The van der Waals surface area contributed by atoms with Gasteiger partial charge in [-0.15, -0.1) is 0 Å². The molecule has 2 heterocycles. The maximum atomic E-state index is 15.3. The molecular formula is C26H29F3N2O4. The number of hydrogen-bond acceptors (Lipinski definition) is 5. The molecular weight excluding hydrogens is 461 g/mol. The van der Waals surface area contributed by atoms with Crippen molar-refractivity contribution in [3.8, 4) is 11.5 Å². The Hall–Kier alpha value is -2.78. The Morgan fingerprint density at radius 3 is 2.31 bits per heavy atom. The Morgan fingerprint density at radius 2 is 1.69 bits per heavy atom. The fourth-order valence-corrected chi connectivity index (χ4v) is 5.26. The first kappa shape index (κ1) is 23.9. The standard InChI is InChI=1S/C26H29F3N2O4/c27-20-14-23-22(34-9-10-35-23)13-19(20)24(32)21(15-31-7-3-4-8-31)30-25(33)26(28,29)18-11-16-5-1-2-6-17(16)12-18/h1-2,5-6,13-14,18,21,24,32H,3-4,7-12,15H2,(H,30,33)/t21-,24+/m1/s1. The van der Waals surface area contributed by atoms with Crippen LogP contribution in [0.25, 0.3) is 0 Å². The van der Waals surface area contributed by atoms with Crippen LogP contribution in [0.2, 0.25) is 0 Å². The lowest BCUT2D eigenvalue weighted by Crippen LogP contribution is -2.54. The lowest BCUT2D eigenvalue weighted by molar-refractivity contribution is -0.155. The molecule has 0 unspecified atom stereocenters. The second kappa shape index (κ2) is 9.70. The van der Waals surface area contributed by atoms with Gasteiger partial charge in [0.25, 0.3) is 5.91 Å². The Bertz CT molecular complexity index is 1070. The van der Waals surface area contributed by atoms with Crippen molar-refractivity contribution in [1.29, 1.82) is 0 Å².